The van der Waals surface area contributed by atoms with E-state index in [1.54, 1.807) is 0 Å². The molecule has 1 saturated heterocycles. The van der Waals surface area contributed by atoms with Gasteiger partial charge in [-0.2, -0.15) is 0 Å². The fraction of sp³-hybridized carbons (Fsp3) is 0.407. The Labute approximate surface area is 200 Å². The third-order valence-corrected chi connectivity index (χ3v) is 6.42. The molecule has 176 valence electrons. The van der Waals surface area contributed by atoms with E-state index in [1.165, 1.54) is 5.56 Å². The number of aromatic nitrogens is 4. The maximum absolute atomic E-state index is 13.0. The maximum atomic E-state index is 13.0. The monoisotopic (exact) mass is 456 g/mol. The Morgan fingerprint density at radius 1 is 1.06 bits per heavy atom. The average molecular weight is 457 g/mol. The zero-order chi connectivity index (χ0) is 24.0. The first kappa shape index (κ1) is 22.3. The van der Waals surface area contributed by atoms with E-state index in [9.17, 15) is 4.79 Å². The first-order valence-corrected chi connectivity index (χ1v) is 12.0. The molecule has 0 bridgehead atoms. The highest BCUT2D eigenvalue weighted by Gasteiger charge is 2.31. The van der Waals surface area contributed by atoms with Gasteiger partial charge in [-0.3, -0.25) is 4.79 Å². The zero-order valence-corrected chi connectivity index (χ0v) is 20.6. The summed E-state index contributed by atoms with van der Waals surface area (Å²) in [6.07, 6.45) is 0.554. The van der Waals surface area contributed by atoms with E-state index in [2.05, 4.69) is 72.3 Å². The predicted octanol–water partition coefficient (Wildman–Crippen LogP) is 4.73. The van der Waals surface area contributed by atoms with Crippen LogP contribution in [0.5, 0.6) is 0 Å². The lowest BCUT2D eigenvalue weighted by atomic mass is 9.91. The van der Waals surface area contributed by atoms with E-state index in [1.807, 2.05) is 35.2 Å². The number of hydrogen-bond donors (Lipinski definition) is 0. The van der Waals surface area contributed by atoms with Crippen LogP contribution >= 0.6 is 0 Å². The molecule has 1 aliphatic rings. The first-order chi connectivity index (χ1) is 16.2. The van der Waals surface area contributed by atoms with Crippen molar-refractivity contribution in [2.24, 2.45) is 5.41 Å². The Bertz CT molecular complexity index is 1370. The summed E-state index contributed by atoms with van der Waals surface area (Å²) in [5.74, 6) is 1.83. The molecule has 1 aliphatic heterocycles. The molecule has 0 radical (unpaired) electrons. The Hall–Kier alpha value is -3.48. The van der Waals surface area contributed by atoms with Gasteiger partial charge < -0.3 is 9.80 Å². The van der Waals surface area contributed by atoms with Crippen LogP contribution in [0.1, 0.15) is 39.7 Å². The molecule has 0 unspecified atom stereocenters. The summed E-state index contributed by atoms with van der Waals surface area (Å²) in [5, 5.41) is 10.2. The fourth-order valence-electron chi connectivity index (χ4n) is 4.81. The molecule has 1 amide bonds. The summed E-state index contributed by atoms with van der Waals surface area (Å²) in [5.41, 5.74) is 3.86. The van der Waals surface area contributed by atoms with E-state index in [4.69, 9.17) is 4.98 Å². The zero-order valence-electron chi connectivity index (χ0n) is 20.6. The molecule has 1 fully saturated rings. The van der Waals surface area contributed by atoms with Crippen molar-refractivity contribution >= 4 is 28.4 Å². The first-order valence-electron chi connectivity index (χ1n) is 12.0. The number of rotatable bonds is 3. The molecular formula is C27H32N6O. The molecule has 0 aliphatic carbocycles. The maximum Gasteiger partial charge on any atom is 0.223 e. The molecule has 5 rings (SSSR count). The summed E-state index contributed by atoms with van der Waals surface area (Å²) in [4.78, 5) is 22.3. The van der Waals surface area contributed by atoms with Crippen LogP contribution in [0.3, 0.4) is 0 Å². The number of para-hydroxylation sites is 1. The second-order valence-corrected chi connectivity index (χ2v) is 10.6. The van der Waals surface area contributed by atoms with Gasteiger partial charge in [-0.15, -0.1) is 10.2 Å². The van der Waals surface area contributed by atoms with Crippen molar-refractivity contribution in [3.05, 3.63) is 54.1 Å². The second kappa shape index (κ2) is 8.38. The normalized spacial score (nSPS) is 17.0. The van der Waals surface area contributed by atoms with Crippen molar-refractivity contribution in [3.63, 3.8) is 0 Å². The van der Waals surface area contributed by atoms with Crippen LogP contribution in [0.4, 0.5) is 5.95 Å². The van der Waals surface area contributed by atoms with E-state index in [0.29, 0.717) is 26.1 Å². The minimum absolute atomic E-state index is 0.0226. The van der Waals surface area contributed by atoms with Crippen molar-refractivity contribution in [1.29, 1.82) is 0 Å². The Morgan fingerprint density at radius 2 is 1.85 bits per heavy atom. The molecule has 1 atom stereocenters. The number of carbonyl (C=O) groups excluding carboxylic acids is 1. The molecular weight excluding hydrogens is 424 g/mol. The summed E-state index contributed by atoms with van der Waals surface area (Å²) < 4.78 is 2.08. The van der Waals surface area contributed by atoms with Crippen molar-refractivity contribution in [3.8, 4) is 11.4 Å². The molecule has 0 N–H and O–H groups in total. The molecule has 7 nitrogen and oxygen atoms in total. The van der Waals surface area contributed by atoms with E-state index in [0.717, 1.165) is 33.9 Å². The van der Waals surface area contributed by atoms with Gasteiger partial charge in [0.15, 0.2) is 11.5 Å². The van der Waals surface area contributed by atoms with Crippen molar-refractivity contribution in [1.82, 2.24) is 24.5 Å². The number of aryl methyl sites for hydroxylation is 1. The van der Waals surface area contributed by atoms with Gasteiger partial charge in [0, 0.05) is 43.0 Å². The van der Waals surface area contributed by atoms with Gasteiger partial charge in [0.05, 0.1) is 5.52 Å². The van der Waals surface area contributed by atoms with Crippen LogP contribution in [-0.2, 0) is 4.79 Å². The van der Waals surface area contributed by atoms with Gasteiger partial charge in [-0.1, -0.05) is 56.7 Å². The SMILES string of the molecule is Cc1cccc(-c2nnc3c4ccccc4nc(N4CCN(C(=O)CC(C)(C)C)[C@@H](C)C4)n23)c1. The van der Waals surface area contributed by atoms with Crippen molar-refractivity contribution < 1.29 is 4.79 Å². The Balaban J connectivity index is 1.58. The number of fused-ring (bicyclic) bond motifs is 3. The number of carbonyl (C=O) groups is 1. The van der Waals surface area contributed by atoms with Crippen LogP contribution in [0.15, 0.2) is 48.5 Å². The van der Waals surface area contributed by atoms with E-state index >= 15 is 0 Å². The quantitative estimate of drug-likeness (QED) is 0.446. The third-order valence-electron chi connectivity index (χ3n) is 6.42. The topological polar surface area (TPSA) is 66.6 Å². The summed E-state index contributed by atoms with van der Waals surface area (Å²) >= 11 is 0. The van der Waals surface area contributed by atoms with Crippen LogP contribution in [-0.4, -0.2) is 56.1 Å². The van der Waals surface area contributed by atoms with Crippen LogP contribution in [0, 0.1) is 12.3 Å². The predicted molar refractivity (Wildman–Crippen MR) is 136 cm³/mol. The number of piperazine rings is 1. The Morgan fingerprint density at radius 3 is 2.59 bits per heavy atom. The molecule has 0 spiro atoms. The second-order valence-electron chi connectivity index (χ2n) is 10.6. The summed E-state index contributed by atoms with van der Waals surface area (Å²) in [7, 11) is 0. The highest BCUT2D eigenvalue weighted by atomic mass is 16.2. The molecule has 4 aromatic rings. The van der Waals surface area contributed by atoms with E-state index < -0.39 is 0 Å². The molecule has 2 aromatic carbocycles. The highest BCUT2D eigenvalue weighted by Crippen LogP contribution is 2.30. The van der Waals surface area contributed by atoms with Crippen molar-refractivity contribution in [2.75, 3.05) is 24.5 Å². The molecule has 34 heavy (non-hydrogen) atoms. The van der Waals surface area contributed by atoms with Gasteiger partial charge in [0.25, 0.3) is 0 Å². The fourth-order valence-corrected chi connectivity index (χ4v) is 4.81. The number of amides is 1. The minimum Gasteiger partial charge on any atom is -0.338 e. The van der Waals surface area contributed by atoms with Crippen LogP contribution in [0.2, 0.25) is 0 Å². The molecule has 2 aromatic heterocycles. The number of nitrogens with zero attached hydrogens (tertiary/aromatic N) is 6. The average Bonchev–Trinajstić information content (AvgIpc) is 3.23. The van der Waals surface area contributed by atoms with Gasteiger partial charge in [0.2, 0.25) is 11.9 Å². The molecule has 0 saturated carbocycles. The summed E-state index contributed by atoms with van der Waals surface area (Å²) in [6.45, 7) is 12.6. The lowest BCUT2D eigenvalue weighted by molar-refractivity contribution is -0.135. The lowest BCUT2D eigenvalue weighted by Crippen LogP contribution is -2.55. The number of hydrogen-bond acceptors (Lipinski definition) is 5. The summed E-state index contributed by atoms with van der Waals surface area (Å²) in [6, 6.07) is 16.5. The minimum atomic E-state index is -0.0226. The molecule has 7 heteroatoms. The standard InChI is InChI=1S/C27H32N6O/c1-18-9-8-10-20(15-18)24-29-30-25-21-11-6-7-12-22(21)28-26(33(24)25)31-13-14-32(19(2)17-31)23(34)16-27(3,4)5/h6-12,15,19H,13-14,16-17H2,1-5H3/t19-/m0/s1. The smallest absolute Gasteiger partial charge is 0.223 e. The largest absolute Gasteiger partial charge is 0.338 e. The van der Waals surface area contributed by atoms with Crippen LogP contribution < -0.4 is 4.90 Å². The van der Waals surface area contributed by atoms with Gasteiger partial charge >= 0.3 is 0 Å². The Kier molecular flexibility index (Phi) is 5.50. The van der Waals surface area contributed by atoms with Gasteiger partial charge in [-0.05, 0) is 37.5 Å². The van der Waals surface area contributed by atoms with Gasteiger partial charge in [0.1, 0.15) is 0 Å². The highest BCUT2D eigenvalue weighted by molar-refractivity contribution is 5.93. The van der Waals surface area contributed by atoms with E-state index in [-0.39, 0.29) is 17.4 Å². The van der Waals surface area contributed by atoms with Crippen molar-refractivity contribution in [2.45, 2.75) is 47.1 Å². The lowest BCUT2D eigenvalue weighted by Gasteiger charge is -2.41. The van der Waals surface area contributed by atoms with Gasteiger partial charge in [-0.25, -0.2) is 9.38 Å². The third kappa shape index (κ3) is 4.11. The number of benzene rings is 2. The number of anilines is 1. The van der Waals surface area contributed by atoms with Crippen LogP contribution in [0.25, 0.3) is 27.9 Å². The molecule has 3 heterocycles.